The SMILES string of the molecule is CC[n+]1c(C)oc2ccccc21.CC[n+]1c(C)oc2ccccc21.I.O.[I-]. The van der Waals surface area contributed by atoms with Crippen molar-refractivity contribution in [3.63, 3.8) is 0 Å². The molecular formula is C20H27I2N2O3+. The Bertz CT molecular complexity index is 900. The minimum Gasteiger partial charge on any atom is -1.00 e. The van der Waals surface area contributed by atoms with E-state index < -0.39 is 0 Å². The van der Waals surface area contributed by atoms with Gasteiger partial charge in [0.1, 0.15) is 13.1 Å². The summed E-state index contributed by atoms with van der Waals surface area (Å²) in [6.45, 7) is 10.1. The van der Waals surface area contributed by atoms with Gasteiger partial charge in [-0.3, -0.25) is 0 Å². The van der Waals surface area contributed by atoms with Gasteiger partial charge in [0.25, 0.3) is 11.0 Å². The molecule has 0 saturated carbocycles. The first kappa shape index (κ1) is 25.8. The standard InChI is InChI=1S/2C10H12NO.2HI.H2O/c2*1-3-11-8(2)12-10-7-5-4-6-9(10)11;;;/h2*4-7H,3H2,1-2H3;2*1H;1H2/q2*+1;;;/p-1. The fourth-order valence-corrected chi connectivity index (χ4v) is 3.09. The molecule has 27 heavy (non-hydrogen) atoms. The number of oxazole rings is 2. The molecule has 0 fully saturated rings. The summed E-state index contributed by atoms with van der Waals surface area (Å²) in [4.78, 5) is 0. The number of hydrogen-bond acceptors (Lipinski definition) is 2. The average Bonchev–Trinajstić information content (AvgIpc) is 3.09. The van der Waals surface area contributed by atoms with Gasteiger partial charge in [0.05, 0.1) is 13.8 Å². The first-order valence-electron chi connectivity index (χ1n) is 8.41. The van der Waals surface area contributed by atoms with E-state index in [1.807, 2.05) is 50.2 Å². The van der Waals surface area contributed by atoms with Crippen molar-refractivity contribution in [2.24, 2.45) is 0 Å². The third-order valence-corrected chi connectivity index (χ3v) is 4.22. The van der Waals surface area contributed by atoms with Crippen molar-refractivity contribution in [3.8, 4) is 0 Å². The number of aryl methyl sites for hydroxylation is 4. The smallest absolute Gasteiger partial charge is 0.344 e. The highest BCUT2D eigenvalue weighted by Crippen LogP contribution is 2.12. The maximum absolute atomic E-state index is 5.55. The van der Waals surface area contributed by atoms with E-state index in [1.165, 1.54) is 11.0 Å². The lowest BCUT2D eigenvalue weighted by Crippen LogP contribution is -3.00. The van der Waals surface area contributed by atoms with E-state index >= 15 is 0 Å². The van der Waals surface area contributed by atoms with Crippen LogP contribution in [0.2, 0.25) is 0 Å². The van der Waals surface area contributed by atoms with Crippen molar-refractivity contribution in [3.05, 3.63) is 60.3 Å². The molecule has 2 N–H and O–H groups in total. The number of nitrogens with zero attached hydrogens (tertiary/aromatic N) is 2. The maximum Gasteiger partial charge on any atom is 0.344 e. The van der Waals surface area contributed by atoms with Crippen LogP contribution in [0.4, 0.5) is 0 Å². The lowest BCUT2D eigenvalue weighted by atomic mass is 10.3. The predicted octanol–water partition coefficient (Wildman–Crippen LogP) is 0.895. The van der Waals surface area contributed by atoms with E-state index in [-0.39, 0.29) is 53.4 Å². The van der Waals surface area contributed by atoms with Crippen LogP contribution in [-0.2, 0) is 13.1 Å². The second-order valence-electron chi connectivity index (χ2n) is 5.67. The summed E-state index contributed by atoms with van der Waals surface area (Å²) in [6.07, 6.45) is 0. The van der Waals surface area contributed by atoms with E-state index in [4.69, 9.17) is 8.83 Å². The van der Waals surface area contributed by atoms with Crippen molar-refractivity contribution < 1.29 is 47.4 Å². The van der Waals surface area contributed by atoms with Gasteiger partial charge in [-0.25, -0.2) is 0 Å². The zero-order chi connectivity index (χ0) is 17.1. The number of hydrogen-bond donors (Lipinski definition) is 0. The lowest BCUT2D eigenvalue weighted by molar-refractivity contribution is -0.679. The minimum absolute atomic E-state index is 0. The molecule has 2 aromatic heterocycles. The summed E-state index contributed by atoms with van der Waals surface area (Å²) in [5, 5.41) is 0. The van der Waals surface area contributed by atoms with Gasteiger partial charge in [-0.05, 0) is 26.0 Å². The van der Waals surface area contributed by atoms with Crippen LogP contribution in [0, 0.1) is 13.8 Å². The molecule has 2 heterocycles. The molecule has 0 radical (unpaired) electrons. The van der Waals surface area contributed by atoms with E-state index in [9.17, 15) is 0 Å². The zero-order valence-corrected chi connectivity index (χ0v) is 20.5. The Balaban J connectivity index is 0.000000451. The zero-order valence-electron chi connectivity index (χ0n) is 16.0. The van der Waals surface area contributed by atoms with Crippen molar-refractivity contribution in [1.29, 1.82) is 0 Å². The van der Waals surface area contributed by atoms with Crippen LogP contribution >= 0.6 is 24.0 Å². The van der Waals surface area contributed by atoms with Gasteiger partial charge in [-0.1, -0.05) is 24.3 Å². The van der Waals surface area contributed by atoms with Crippen molar-refractivity contribution >= 4 is 46.2 Å². The van der Waals surface area contributed by atoms with Crippen molar-refractivity contribution in [2.75, 3.05) is 0 Å². The van der Waals surface area contributed by atoms with Crippen LogP contribution < -0.4 is 33.1 Å². The Kier molecular flexibility index (Phi) is 11.1. The van der Waals surface area contributed by atoms with E-state index in [0.717, 1.165) is 36.0 Å². The van der Waals surface area contributed by atoms with E-state index in [0.29, 0.717) is 0 Å². The molecule has 4 aromatic rings. The number of halogens is 2. The number of benzene rings is 2. The summed E-state index contributed by atoms with van der Waals surface area (Å²) in [5.41, 5.74) is 4.30. The average molecular weight is 597 g/mol. The molecule has 0 atom stereocenters. The fourth-order valence-electron chi connectivity index (χ4n) is 3.09. The van der Waals surface area contributed by atoms with Gasteiger partial charge >= 0.3 is 11.8 Å². The van der Waals surface area contributed by atoms with Crippen LogP contribution in [0.25, 0.3) is 22.2 Å². The molecule has 5 nitrogen and oxygen atoms in total. The van der Waals surface area contributed by atoms with Crippen LogP contribution in [0.3, 0.4) is 0 Å². The Morgan fingerprint density at radius 3 is 1.37 bits per heavy atom. The Morgan fingerprint density at radius 2 is 1.04 bits per heavy atom. The monoisotopic (exact) mass is 597 g/mol. The van der Waals surface area contributed by atoms with E-state index in [1.54, 1.807) is 0 Å². The van der Waals surface area contributed by atoms with Crippen molar-refractivity contribution in [2.45, 2.75) is 40.8 Å². The Hall–Kier alpha value is -1.20. The quantitative estimate of drug-likeness (QED) is 0.255. The molecule has 7 heteroatoms. The van der Waals surface area contributed by atoms with Crippen LogP contribution in [0.1, 0.15) is 25.6 Å². The highest BCUT2D eigenvalue weighted by atomic mass is 127. The fraction of sp³-hybridized carbons (Fsp3) is 0.300. The molecule has 148 valence electrons. The largest absolute Gasteiger partial charge is 1.00 e. The Morgan fingerprint density at radius 1 is 0.704 bits per heavy atom. The van der Waals surface area contributed by atoms with Gasteiger partial charge in [0, 0.05) is 12.1 Å². The topological polar surface area (TPSA) is 65.5 Å². The molecule has 0 aliphatic carbocycles. The van der Waals surface area contributed by atoms with Gasteiger partial charge in [0.15, 0.2) is 0 Å². The molecule has 0 unspecified atom stereocenters. The third kappa shape index (κ3) is 5.41. The second kappa shape index (κ2) is 11.6. The highest BCUT2D eigenvalue weighted by Gasteiger charge is 2.16. The van der Waals surface area contributed by atoms with Gasteiger partial charge in [-0.15, -0.1) is 24.0 Å². The predicted molar refractivity (Wildman–Crippen MR) is 113 cm³/mol. The molecule has 0 aliphatic rings. The first-order valence-corrected chi connectivity index (χ1v) is 8.41. The minimum atomic E-state index is 0. The number of para-hydroxylation sites is 4. The Labute approximate surface area is 193 Å². The summed E-state index contributed by atoms with van der Waals surface area (Å²) in [7, 11) is 0. The molecule has 0 bridgehead atoms. The highest BCUT2D eigenvalue weighted by molar-refractivity contribution is 14.0. The van der Waals surface area contributed by atoms with Crippen LogP contribution in [-0.4, -0.2) is 5.48 Å². The molecule has 2 aromatic carbocycles. The summed E-state index contributed by atoms with van der Waals surface area (Å²) < 4.78 is 15.4. The van der Waals surface area contributed by atoms with E-state index in [2.05, 4.69) is 35.1 Å². The van der Waals surface area contributed by atoms with Crippen molar-refractivity contribution in [1.82, 2.24) is 0 Å². The van der Waals surface area contributed by atoms with Gasteiger partial charge in [-0.2, -0.15) is 9.13 Å². The first-order chi connectivity index (χ1) is 11.7. The van der Waals surface area contributed by atoms with Gasteiger partial charge in [0.2, 0.25) is 11.2 Å². The number of rotatable bonds is 2. The summed E-state index contributed by atoms with van der Waals surface area (Å²) in [5.74, 6) is 1.94. The molecule has 4 rings (SSSR count). The normalized spacial score (nSPS) is 9.63. The van der Waals surface area contributed by atoms with Crippen LogP contribution in [0.15, 0.2) is 57.4 Å². The van der Waals surface area contributed by atoms with Gasteiger partial charge < -0.3 is 38.3 Å². The number of aromatic nitrogens is 2. The second-order valence-corrected chi connectivity index (χ2v) is 5.67. The molecular weight excluding hydrogens is 570 g/mol. The maximum atomic E-state index is 5.55. The lowest BCUT2D eigenvalue weighted by Gasteiger charge is -1.85. The molecule has 0 saturated heterocycles. The summed E-state index contributed by atoms with van der Waals surface area (Å²) >= 11 is 0. The molecule has 0 spiro atoms. The molecule has 0 aliphatic heterocycles. The summed E-state index contributed by atoms with van der Waals surface area (Å²) in [6, 6.07) is 16.2. The molecule has 0 amide bonds. The third-order valence-electron chi connectivity index (χ3n) is 4.22. The number of fused-ring (bicyclic) bond motifs is 2. The van der Waals surface area contributed by atoms with Crippen LogP contribution in [0.5, 0.6) is 0 Å².